The predicted molar refractivity (Wildman–Crippen MR) is 193 cm³/mol. The van der Waals surface area contributed by atoms with Crippen LogP contribution < -0.4 is 0 Å². The molecule has 47 heavy (non-hydrogen) atoms. The summed E-state index contributed by atoms with van der Waals surface area (Å²) in [5, 5.41) is 0. The van der Waals surface area contributed by atoms with Crippen molar-refractivity contribution in [2.45, 2.75) is 41.5 Å². The van der Waals surface area contributed by atoms with Gasteiger partial charge < -0.3 is 4.74 Å². The van der Waals surface area contributed by atoms with Crippen LogP contribution in [0.25, 0.3) is 44.5 Å². The van der Waals surface area contributed by atoms with Crippen LogP contribution >= 0.6 is 0 Å². The molecule has 232 valence electrons. The molecule has 6 rings (SSSR count). The van der Waals surface area contributed by atoms with Crippen LogP contribution in [-0.2, 0) is 4.74 Å². The monoisotopic (exact) mass is 614 g/mol. The second-order valence-electron chi connectivity index (χ2n) is 12.1. The quantitative estimate of drug-likeness (QED) is 0.138. The number of esters is 2. The molecule has 6 aromatic rings. The van der Waals surface area contributed by atoms with E-state index in [4.69, 9.17) is 4.74 Å². The van der Waals surface area contributed by atoms with E-state index >= 15 is 0 Å². The van der Waals surface area contributed by atoms with Gasteiger partial charge >= 0.3 is 11.9 Å². The van der Waals surface area contributed by atoms with Crippen molar-refractivity contribution in [1.82, 2.24) is 0 Å². The topological polar surface area (TPSA) is 43.4 Å². The molecule has 0 fully saturated rings. The van der Waals surface area contributed by atoms with E-state index in [1.165, 1.54) is 0 Å². The lowest BCUT2D eigenvalue weighted by Gasteiger charge is -2.23. The van der Waals surface area contributed by atoms with Crippen LogP contribution in [0.1, 0.15) is 54.1 Å². The fraction of sp³-hybridized carbons (Fsp3) is 0.136. The predicted octanol–water partition coefficient (Wildman–Crippen LogP) is 11.2. The Morgan fingerprint density at radius 1 is 0.340 bits per heavy atom. The molecular weight excluding hydrogens is 576 g/mol. The molecule has 3 nitrogen and oxygen atoms in total. The number of carbonyl (C=O) groups is 2. The minimum atomic E-state index is -0.652. The van der Waals surface area contributed by atoms with Gasteiger partial charge in [-0.3, -0.25) is 0 Å². The van der Waals surface area contributed by atoms with Gasteiger partial charge in [0.15, 0.2) is 0 Å². The smallest absolute Gasteiger partial charge is 0.346 e. The Hall–Kier alpha value is -5.54. The third-order valence-corrected chi connectivity index (χ3v) is 9.34. The van der Waals surface area contributed by atoms with E-state index < -0.39 is 11.9 Å². The summed E-state index contributed by atoms with van der Waals surface area (Å²) in [6.07, 6.45) is 0. The maximum atomic E-state index is 14.3. The van der Waals surface area contributed by atoms with Crippen LogP contribution in [0.2, 0.25) is 0 Å². The molecule has 0 N–H and O–H groups in total. The van der Waals surface area contributed by atoms with E-state index in [1.54, 1.807) is 0 Å². The van der Waals surface area contributed by atoms with Crippen molar-refractivity contribution in [1.29, 1.82) is 0 Å². The summed E-state index contributed by atoms with van der Waals surface area (Å²) in [5.74, 6) is -1.30. The van der Waals surface area contributed by atoms with Gasteiger partial charge in [0, 0.05) is 0 Å². The summed E-state index contributed by atoms with van der Waals surface area (Å²) in [6.45, 7) is 12.0. The molecule has 0 amide bonds. The maximum Gasteiger partial charge on any atom is 0.346 e. The van der Waals surface area contributed by atoms with Gasteiger partial charge in [0.25, 0.3) is 0 Å². The average molecular weight is 615 g/mol. The summed E-state index contributed by atoms with van der Waals surface area (Å²) >= 11 is 0. The molecule has 0 aliphatic carbocycles. The number of ether oxygens (including phenoxy) is 1. The first-order valence-corrected chi connectivity index (χ1v) is 16.0. The van der Waals surface area contributed by atoms with E-state index in [2.05, 4.69) is 62.4 Å². The second-order valence-corrected chi connectivity index (χ2v) is 12.1. The van der Waals surface area contributed by atoms with Crippen molar-refractivity contribution < 1.29 is 14.3 Å². The minimum absolute atomic E-state index is 0.413. The number of hydrogen-bond acceptors (Lipinski definition) is 3. The lowest BCUT2D eigenvalue weighted by Crippen LogP contribution is -2.19. The molecule has 0 aliphatic rings. The van der Waals surface area contributed by atoms with E-state index in [-0.39, 0.29) is 0 Å². The lowest BCUT2D eigenvalue weighted by atomic mass is 9.82. The van der Waals surface area contributed by atoms with Gasteiger partial charge in [-0.15, -0.1) is 0 Å². The lowest BCUT2D eigenvalue weighted by molar-refractivity contribution is 0.0396. The Morgan fingerprint density at radius 2 is 0.553 bits per heavy atom. The van der Waals surface area contributed by atoms with Crippen molar-refractivity contribution in [2.24, 2.45) is 0 Å². The van der Waals surface area contributed by atoms with Crippen LogP contribution in [-0.4, -0.2) is 11.9 Å². The number of carbonyl (C=O) groups excluding carboxylic acids is 2. The van der Waals surface area contributed by atoms with E-state index in [1.807, 2.05) is 100 Å². The van der Waals surface area contributed by atoms with Crippen LogP contribution in [0.3, 0.4) is 0 Å². The van der Waals surface area contributed by atoms with Crippen LogP contribution in [0, 0.1) is 41.5 Å². The molecule has 0 saturated heterocycles. The molecule has 0 heterocycles. The van der Waals surface area contributed by atoms with Gasteiger partial charge in [0.2, 0.25) is 0 Å². The van der Waals surface area contributed by atoms with Crippen molar-refractivity contribution in [3.63, 3.8) is 0 Å². The zero-order chi connectivity index (χ0) is 33.2. The fourth-order valence-electron chi connectivity index (χ4n) is 7.39. The van der Waals surface area contributed by atoms with Gasteiger partial charge in [-0.2, -0.15) is 0 Å². The van der Waals surface area contributed by atoms with Crippen molar-refractivity contribution in [3.8, 4) is 44.5 Å². The van der Waals surface area contributed by atoms with E-state index in [9.17, 15) is 9.59 Å². The zero-order valence-corrected chi connectivity index (χ0v) is 27.8. The number of hydrogen-bond donors (Lipinski definition) is 0. The highest BCUT2D eigenvalue weighted by Gasteiger charge is 2.29. The molecule has 0 aromatic heterocycles. The summed E-state index contributed by atoms with van der Waals surface area (Å²) < 4.78 is 5.91. The SMILES string of the molecule is Cc1c(C(=O)OC(=O)c2c(C)c(-c3ccccc3)c(C)c(-c3ccccc3)c2C)c(C)c(-c2ccccc2)c(C)c1-c1ccccc1. The maximum absolute atomic E-state index is 14.3. The van der Waals surface area contributed by atoms with Gasteiger partial charge in [0.05, 0.1) is 11.1 Å². The Morgan fingerprint density at radius 3 is 0.766 bits per heavy atom. The first-order valence-electron chi connectivity index (χ1n) is 16.0. The first-order chi connectivity index (χ1) is 22.7. The third-order valence-electron chi connectivity index (χ3n) is 9.34. The number of rotatable bonds is 6. The van der Waals surface area contributed by atoms with Gasteiger partial charge in [-0.1, -0.05) is 121 Å². The van der Waals surface area contributed by atoms with Crippen LogP contribution in [0.4, 0.5) is 0 Å². The molecule has 0 saturated carbocycles. The van der Waals surface area contributed by atoms with Crippen molar-refractivity contribution in [2.75, 3.05) is 0 Å². The highest BCUT2D eigenvalue weighted by molar-refractivity contribution is 6.09. The molecule has 0 spiro atoms. The highest BCUT2D eigenvalue weighted by Crippen LogP contribution is 2.42. The number of benzene rings is 6. The molecule has 6 aromatic carbocycles. The largest absolute Gasteiger partial charge is 0.386 e. The summed E-state index contributed by atoms with van der Waals surface area (Å²) in [5.41, 5.74) is 14.0. The summed E-state index contributed by atoms with van der Waals surface area (Å²) in [6, 6.07) is 40.3. The van der Waals surface area contributed by atoms with Gasteiger partial charge in [0.1, 0.15) is 0 Å². The Balaban J connectivity index is 1.52. The average Bonchev–Trinajstić information content (AvgIpc) is 3.06. The van der Waals surface area contributed by atoms with E-state index in [0.29, 0.717) is 11.1 Å². The van der Waals surface area contributed by atoms with Crippen LogP contribution in [0.5, 0.6) is 0 Å². The summed E-state index contributed by atoms with van der Waals surface area (Å²) in [4.78, 5) is 28.6. The fourth-order valence-corrected chi connectivity index (χ4v) is 7.39. The van der Waals surface area contributed by atoms with E-state index in [0.717, 1.165) is 77.9 Å². The van der Waals surface area contributed by atoms with Gasteiger partial charge in [-0.05, 0) is 119 Å². The molecule has 3 heteroatoms. The van der Waals surface area contributed by atoms with Crippen LogP contribution in [0.15, 0.2) is 121 Å². The molecule has 0 atom stereocenters. The highest BCUT2D eigenvalue weighted by atomic mass is 16.6. The first kappa shape index (κ1) is 31.4. The summed E-state index contributed by atoms with van der Waals surface area (Å²) in [7, 11) is 0. The Labute approximate surface area is 277 Å². The molecule has 0 unspecified atom stereocenters. The third kappa shape index (κ3) is 5.70. The minimum Gasteiger partial charge on any atom is -0.386 e. The van der Waals surface area contributed by atoms with Crippen molar-refractivity contribution >= 4 is 11.9 Å². The zero-order valence-electron chi connectivity index (χ0n) is 27.8. The molecule has 0 bridgehead atoms. The molecular formula is C44H38O3. The molecule has 0 aliphatic heterocycles. The second kappa shape index (κ2) is 13.1. The molecule has 0 radical (unpaired) electrons. The van der Waals surface area contributed by atoms with Crippen molar-refractivity contribution in [3.05, 3.63) is 166 Å². The van der Waals surface area contributed by atoms with Gasteiger partial charge in [-0.25, -0.2) is 9.59 Å². The Kier molecular flexibility index (Phi) is 8.74. The normalized spacial score (nSPS) is 10.9. The standard InChI is InChI=1S/C44H38O3/c1-27-37(33-19-11-7-12-20-33)29(3)41(30(4)38(27)34-21-13-8-14-22-34)43(45)47-44(46)42-31(5)39(35-23-15-9-16-24-35)28(2)40(32(42)6)36-25-17-10-18-26-36/h7-26H,1-6H3. The Bertz CT molecular complexity index is 1820.